The lowest BCUT2D eigenvalue weighted by Gasteiger charge is -2.22. The molecule has 6 atom stereocenters. The van der Waals surface area contributed by atoms with E-state index >= 15 is 0 Å². The van der Waals surface area contributed by atoms with Gasteiger partial charge in [-0.2, -0.15) is 4.98 Å². The molecular weight excluding hydrogens is 497 g/mol. The highest BCUT2D eigenvalue weighted by Gasteiger charge is 2.45. The second-order valence-electron chi connectivity index (χ2n) is 8.17. The van der Waals surface area contributed by atoms with Crippen molar-refractivity contribution in [2.24, 2.45) is 0 Å². The van der Waals surface area contributed by atoms with Crippen LogP contribution >= 0.6 is 7.75 Å². The Balaban J connectivity index is 1.43. The zero-order valence-corrected chi connectivity index (χ0v) is 19.9. The monoisotopic (exact) mass is 523 g/mol. The number of nitrogens with one attached hydrogen (secondary N) is 2. The smallest absolute Gasteiger partial charge is 0.403 e. The number of aromatic amines is 1. The van der Waals surface area contributed by atoms with Gasteiger partial charge in [0.05, 0.1) is 13.7 Å². The van der Waals surface area contributed by atoms with Gasteiger partial charge < -0.3 is 35.3 Å². The van der Waals surface area contributed by atoms with Gasteiger partial charge in [0.25, 0.3) is 0 Å². The number of carbonyl (C=O) groups excluding carboxylic acids is 1. The first kappa shape index (κ1) is 26.0. The van der Waals surface area contributed by atoms with Crippen molar-refractivity contribution < 1.29 is 38.5 Å². The van der Waals surface area contributed by atoms with E-state index < -0.39 is 56.6 Å². The van der Waals surface area contributed by atoms with Crippen molar-refractivity contribution >= 4 is 30.4 Å². The van der Waals surface area contributed by atoms with Crippen LogP contribution in [0, 0.1) is 0 Å². The average molecular weight is 523 g/mol. The van der Waals surface area contributed by atoms with Crippen LogP contribution in [0.4, 0.5) is 5.82 Å². The summed E-state index contributed by atoms with van der Waals surface area (Å²) in [6.45, 7) is -0.645. The van der Waals surface area contributed by atoms with Crippen LogP contribution in [-0.4, -0.2) is 73.7 Å². The third-order valence-electron chi connectivity index (χ3n) is 5.78. The van der Waals surface area contributed by atoms with E-state index in [4.69, 9.17) is 19.7 Å². The summed E-state index contributed by atoms with van der Waals surface area (Å²) < 4.78 is 29.0. The van der Waals surface area contributed by atoms with Gasteiger partial charge in [0, 0.05) is 29.7 Å². The first-order valence-electron chi connectivity index (χ1n) is 10.8. The van der Waals surface area contributed by atoms with Crippen molar-refractivity contribution in [3.63, 3.8) is 0 Å². The van der Waals surface area contributed by atoms with Crippen LogP contribution in [0.25, 0.3) is 10.9 Å². The van der Waals surface area contributed by atoms with Gasteiger partial charge >= 0.3 is 19.4 Å². The second kappa shape index (κ2) is 10.5. The molecule has 2 aromatic heterocycles. The highest BCUT2D eigenvalue weighted by molar-refractivity contribution is 7.50. The van der Waals surface area contributed by atoms with Crippen LogP contribution < -0.4 is 16.5 Å². The lowest BCUT2D eigenvalue weighted by Crippen LogP contribution is -2.39. The van der Waals surface area contributed by atoms with Gasteiger partial charge in [0.15, 0.2) is 6.23 Å². The fraction of sp³-hybridized carbons (Fsp3) is 0.381. The molecule has 0 amide bonds. The molecule has 3 aromatic rings. The number of benzene rings is 1. The Morgan fingerprint density at radius 2 is 2.08 bits per heavy atom. The van der Waals surface area contributed by atoms with E-state index in [1.807, 2.05) is 24.3 Å². The van der Waals surface area contributed by atoms with Gasteiger partial charge in [-0.3, -0.25) is 13.9 Å². The molecule has 2 unspecified atom stereocenters. The molecule has 0 saturated carbocycles. The number of nitrogen functional groups attached to an aromatic ring is 1. The number of H-pyrrole nitrogens is 1. The predicted molar refractivity (Wildman–Crippen MR) is 126 cm³/mol. The molecule has 0 aliphatic carbocycles. The van der Waals surface area contributed by atoms with Crippen LogP contribution in [-0.2, 0) is 29.8 Å². The molecule has 0 spiro atoms. The topological polar surface area (TPSA) is 211 Å². The molecule has 3 heterocycles. The maximum Gasteiger partial charge on any atom is 0.403 e. The summed E-state index contributed by atoms with van der Waals surface area (Å²) in [6.07, 6.45) is -2.78. The number of carbonyl (C=O) groups is 1. The zero-order valence-electron chi connectivity index (χ0n) is 19.1. The number of nitrogens with zero attached hydrogens (tertiary/aromatic N) is 2. The number of ether oxygens (including phenoxy) is 2. The number of esters is 1. The Labute approximate surface area is 204 Å². The van der Waals surface area contributed by atoms with Crippen molar-refractivity contribution in [1.82, 2.24) is 19.6 Å². The van der Waals surface area contributed by atoms with E-state index in [1.54, 1.807) is 6.20 Å². The van der Waals surface area contributed by atoms with E-state index in [-0.39, 0.29) is 12.2 Å². The largest absolute Gasteiger partial charge is 0.468 e. The molecule has 1 fully saturated rings. The van der Waals surface area contributed by atoms with Gasteiger partial charge in [0.2, 0.25) is 0 Å². The summed E-state index contributed by atoms with van der Waals surface area (Å²) in [6, 6.07) is 7.42. The Hall–Kier alpha value is -3.10. The summed E-state index contributed by atoms with van der Waals surface area (Å²) in [7, 11) is -3.49. The standard InChI is InChI=1S/C21H26N5O9P/c1-33-20(29)14(8-11-9-23-13-5-3-2-4-12(11)13)25-36(31,32)34-10-15-17(27)18(28)19(35-15)26-7-6-16(22)24-21(26)30/h2-7,9,14-15,17-19,23,27-28H,8,10H2,1H3,(H2,22,24,30)(H2,25,31,32)/t14?,15-,17-,18+,19-/m1/s1. The summed E-state index contributed by atoms with van der Waals surface area (Å²) in [5, 5.41) is 23.8. The normalized spacial score (nSPS) is 24.4. The number of aliphatic hydroxyl groups is 2. The number of hydrogen-bond donors (Lipinski definition) is 6. The molecule has 0 bridgehead atoms. The fourth-order valence-corrected chi connectivity index (χ4v) is 4.98. The maximum atomic E-state index is 12.8. The minimum Gasteiger partial charge on any atom is -0.468 e. The van der Waals surface area contributed by atoms with Crippen molar-refractivity contribution in [1.29, 1.82) is 0 Å². The maximum absolute atomic E-state index is 12.8. The molecule has 7 N–H and O–H groups in total. The highest BCUT2D eigenvalue weighted by Crippen LogP contribution is 2.40. The van der Waals surface area contributed by atoms with Crippen molar-refractivity contribution in [3.05, 3.63) is 58.8 Å². The molecule has 14 nitrogen and oxygen atoms in total. The number of aliphatic hydroxyl groups excluding tert-OH is 2. The first-order valence-corrected chi connectivity index (χ1v) is 12.4. The van der Waals surface area contributed by atoms with E-state index in [0.29, 0.717) is 5.56 Å². The van der Waals surface area contributed by atoms with Crippen molar-refractivity contribution in [3.8, 4) is 0 Å². The Bertz CT molecular complexity index is 1340. The molecule has 194 valence electrons. The summed E-state index contributed by atoms with van der Waals surface area (Å²) in [4.78, 5) is 41.4. The molecular formula is C21H26N5O9P. The number of rotatable bonds is 9. The summed E-state index contributed by atoms with van der Waals surface area (Å²) in [5.74, 6) is -0.828. The summed E-state index contributed by atoms with van der Waals surface area (Å²) in [5.41, 5.74) is 6.17. The molecule has 1 aromatic carbocycles. The van der Waals surface area contributed by atoms with Gasteiger partial charge in [-0.15, -0.1) is 0 Å². The van der Waals surface area contributed by atoms with Gasteiger partial charge in [0.1, 0.15) is 30.2 Å². The van der Waals surface area contributed by atoms with Gasteiger partial charge in [-0.05, 0) is 17.7 Å². The number of nitrogens with two attached hydrogens (primary N) is 1. The Morgan fingerprint density at radius 1 is 1.33 bits per heavy atom. The van der Waals surface area contributed by atoms with Crippen molar-refractivity contribution in [2.45, 2.75) is 37.0 Å². The lowest BCUT2D eigenvalue weighted by atomic mass is 10.1. The SMILES string of the molecule is COC(=O)C(Cc1c[nH]c2ccccc12)NP(=O)(O)OC[C@H]1O[C@@H](n2ccc(N)nc2=O)[C@@H](O)[C@@H]1O. The van der Waals surface area contributed by atoms with Crippen LogP contribution in [0.15, 0.2) is 47.5 Å². The number of fused-ring (bicyclic) bond motifs is 1. The average Bonchev–Trinajstić information content (AvgIpc) is 3.37. The van der Waals surface area contributed by atoms with Crippen molar-refractivity contribution in [2.75, 3.05) is 19.5 Å². The molecule has 4 rings (SSSR count). The third-order valence-corrected chi connectivity index (χ3v) is 6.92. The van der Waals surface area contributed by atoms with Crippen LogP contribution in [0.2, 0.25) is 0 Å². The minimum absolute atomic E-state index is 0.0149. The number of aromatic nitrogens is 3. The van der Waals surface area contributed by atoms with E-state index in [9.17, 15) is 29.3 Å². The molecule has 36 heavy (non-hydrogen) atoms. The predicted octanol–water partition coefficient (Wildman–Crippen LogP) is -0.583. The molecule has 1 aliphatic rings. The molecule has 1 aliphatic heterocycles. The van der Waals surface area contributed by atoms with Crippen LogP contribution in [0.1, 0.15) is 11.8 Å². The minimum atomic E-state index is -4.63. The number of para-hydroxylation sites is 1. The lowest BCUT2D eigenvalue weighted by molar-refractivity contribution is -0.142. The third kappa shape index (κ3) is 5.50. The quantitative estimate of drug-likeness (QED) is 0.154. The first-order chi connectivity index (χ1) is 17.1. The Kier molecular flexibility index (Phi) is 7.57. The number of hydrogen-bond acceptors (Lipinski definition) is 10. The zero-order chi connectivity index (χ0) is 26.0. The van der Waals surface area contributed by atoms with Gasteiger partial charge in [-0.25, -0.2) is 14.4 Å². The summed E-state index contributed by atoms with van der Waals surface area (Å²) >= 11 is 0. The highest BCUT2D eigenvalue weighted by atomic mass is 31.2. The molecule has 0 radical (unpaired) electrons. The van der Waals surface area contributed by atoms with E-state index in [1.165, 1.54) is 12.3 Å². The second-order valence-corrected chi connectivity index (χ2v) is 9.73. The number of anilines is 1. The van der Waals surface area contributed by atoms with E-state index in [0.717, 1.165) is 22.6 Å². The van der Waals surface area contributed by atoms with E-state index in [2.05, 4.69) is 15.1 Å². The Morgan fingerprint density at radius 3 is 2.81 bits per heavy atom. The van der Waals surface area contributed by atoms with Crippen LogP contribution in [0.5, 0.6) is 0 Å². The van der Waals surface area contributed by atoms with Crippen LogP contribution in [0.3, 0.4) is 0 Å². The number of methoxy groups -OCH3 is 1. The van der Waals surface area contributed by atoms with Gasteiger partial charge in [-0.1, -0.05) is 18.2 Å². The molecule has 15 heteroatoms. The molecule has 1 saturated heterocycles. The fourth-order valence-electron chi connectivity index (χ4n) is 3.97.